The van der Waals surface area contributed by atoms with Crippen molar-refractivity contribution in [1.29, 1.82) is 0 Å². The van der Waals surface area contributed by atoms with E-state index < -0.39 is 0 Å². The van der Waals surface area contributed by atoms with E-state index in [4.69, 9.17) is 4.74 Å². The third-order valence-electron chi connectivity index (χ3n) is 4.81. The van der Waals surface area contributed by atoms with Crippen molar-refractivity contribution in [2.24, 2.45) is 0 Å². The highest BCUT2D eigenvalue weighted by atomic mass is 32.2. The average Bonchev–Trinajstić information content (AvgIpc) is 2.68. The Labute approximate surface area is 156 Å². The fraction of sp³-hybridized carbons (Fsp3) is 0.350. The van der Waals surface area contributed by atoms with Crippen LogP contribution in [-0.2, 0) is 4.74 Å². The molecule has 0 aliphatic carbocycles. The van der Waals surface area contributed by atoms with E-state index in [0.29, 0.717) is 37.6 Å². The van der Waals surface area contributed by atoms with E-state index in [1.54, 1.807) is 28.8 Å². The summed E-state index contributed by atoms with van der Waals surface area (Å²) in [4.78, 5) is 18.0. The smallest absolute Gasteiger partial charge is 0.258 e. The van der Waals surface area contributed by atoms with Gasteiger partial charge in [-0.2, -0.15) is 0 Å². The highest BCUT2D eigenvalue weighted by Gasteiger charge is 2.30. The van der Waals surface area contributed by atoms with Gasteiger partial charge in [-0.05, 0) is 37.3 Å². The maximum atomic E-state index is 14.7. The fourth-order valence-electron chi connectivity index (χ4n) is 3.45. The predicted molar refractivity (Wildman–Crippen MR) is 103 cm³/mol. The Morgan fingerprint density at radius 2 is 1.92 bits per heavy atom. The molecule has 4 nitrogen and oxygen atoms in total. The highest BCUT2D eigenvalue weighted by molar-refractivity contribution is 7.99. The minimum atomic E-state index is -0.356. The summed E-state index contributed by atoms with van der Waals surface area (Å²) in [6.07, 6.45) is 0. The molecule has 1 saturated heterocycles. The summed E-state index contributed by atoms with van der Waals surface area (Å²) in [5, 5.41) is 0. The number of halogens is 1. The van der Waals surface area contributed by atoms with E-state index in [9.17, 15) is 9.18 Å². The molecule has 1 atom stereocenters. The zero-order chi connectivity index (χ0) is 18.1. The molecule has 0 N–H and O–H groups in total. The number of benzene rings is 2. The van der Waals surface area contributed by atoms with Crippen LogP contribution >= 0.6 is 11.8 Å². The van der Waals surface area contributed by atoms with Gasteiger partial charge in [-0.25, -0.2) is 4.39 Å². The standard InChI is InChI=1S/C20H21FN2O2S/c1-14-13-26-19-5-3-2-4-18(19)23(14)20(24)15-6-7-17(16(21)12-15)22-8-10-25-11-9-22/h2-7,12,14H,8-11,13H2,1H3. The molecule has 2 aliphatic rings. The number of carbonyl (C=O) groups excluding carboxylic acids is 1. The van der Waals surface area contributed by atoms with Crippen molar-refractivity contribution in [2.45, 2.75) is 17.9 Å². The van der Waals surface area contributed by atoms with Crippen LogP contribution in [0.3, 0.4) is 0 Å². The van der Waals surface area contributed by atoms with Crippen LogP contribution in [0.5, 0.6) is 0 Å². The lowest BCUT2D eigenvalue weighted by molar-refractivity contribution is 0.0979. The van der Waals surface area contributed by atoms with Gasteiger partial charge in [0, 0.05) is 35.3 Å². The fourth-order valence-corrected chi connectivity index (χ4v) is 4.51. The Balaban J connectivity index is 1.63. The number of para-hydroxylation sites is 1. The van der Waals surface area contributed by atoms with Gasteiger partial charge >= 0.3 is 0 Å². The van der Waals surface area contributed by atoms with Crippen molar-refractivity contribution in [2.75, 3.05) is 41.9 Å². The summed E-state index contributed by atoms with van der Waals surface area (Å²) in [6, 6.07) is 12.7. The third kappa shape index (κ3) is 3.19. The number of nitrogens with zero attached hydrogens (tertiary/aromatic N) is 2. The van der Waals surface area contributed by atoms with Gasteiger partial charge < -0.3 is 14.5 Å². The predicted octanol–water partition coefficient (Wildman–Crippen LogP) is 3.80. The van der Waals surface area contributed by atoms with E-state index in [2.05, 4.69) is 0 Å². The number of morpholine rings is 1. The number of anilines is 2. The van der Waals surface area contributed by atoms with Gasteiger partial charge in [-0.15, -0.1) is 11.8 Å². The first kappa shape index (κ1) is 17.4. The van der Waals surface area contributed by atoms with Crippen LogP contribution in [0.15, 0.2) is 47.4 Å². The van der Waals surface area contributed by atoms with Crippen LogP contribution in [0.4, 0.5) is 15.8 Å². The van der Waals surface area contributed by atoms with Crippen LogP contribution in [0.2, 0.25) is 0 Å². The van der Waals surface area contributed by atoms with Crippen molar-refractivity contribution in [1.82, 2.24) is 0 Å². The summed E-state index contributed by atoms with van der Waals surface area (Å²) >= 11 is 1.75. The Hall–Kier alpha value is -2.05. The van der Waals surface area contributed by atoms with Crippen molar-refractivity contribution in [3.05, 3.63) is 53.8 Å². The van der Waals surface area contributed by atoms with Crippen molar-refractivity contribution >= 4 is 29.0 Å². The summed E-state index contributed by atoms with van der Waals surface area (Å²) in [6.45, 7) is 4.55. The molecule has 0 radical (unpaired) electrons. The van der Waals surface area contributed by atoms with E-state index >= 15 is 0 Å². The number of thioether (sulfide) groups is 1. The lowest BCUT2D eigenvalue weighted by atomic mass is 10.1. The average molecular weight is 372 g/mol. The van der Waals surface area contributed by atoms with Crippen LogP contribution < -0.4 is 9.80 Å². The molecule has 136 valence electrons. The third-order valence-corrected chi connectivity index (χ3v) is 6.12. The minimum absolute atomic E-state index is 0.0596. The monoisotopic (exact) mass is 372 g/mol. The summed E-state index contributed by atoms with van der Waals surface area (Å²) < 4.78 is 20.0. The largest absolute Gasteiger partial charge is 0.378 e. The van der Waals surface area contributed by atoms with Gasteiger partial charge in [0.1, 0.15) is 5.82 Å². The zero-order valence-electron chi connectivity index (χ0n) is 14.7. The van der Waals surface area contributed by atoms with E-state index in [1.807, 2.05) is 36.1 Å². The first-order valence-corrected chi connectivity index (χ1v) is 9.81. The number of fused-ring (bicyclic) bond motifs is 1. The molecule has 4 rings (SSSR count). The summed E-state index contributed by atoms with van der Waals surface area (Å²) in [5.41, 5.74) is 1.82. The zero-order valence-corrected chi connectivity index (χ0v) is 15.5. The Morgan fingerprint density at radius 3 is 2.69 bits per heavy atom. The molecular weight excluding hydrogens is 351 g/mol. The number of amides is 1. The van der Waals surface area contributed by atoms with Crippen LogP contribution in [0, 0.1) is 5.82 Å². The number of hydrogen-bond acceptors (Lipinski definition) is 4. The van der Waals surface area contributed by atoms with Crippen LogP contribution in [0.1, 0.15) is 17.3 Å². The van der Waals surface area contributed by atoms with Gasteiger partial charge in [-0.1, -0.05) is 12.1 Å². The SMILES string of the molecule is CC1CSc2ccccc2N1C(=O)c1ccc(N2CCOCC2)c(F)c1. The van der Waals surface area contributed by atoms with Gasteiger partial charge in [-0.3, -0.25) is 4.79 Å². The number of carbonyl (C=O) groups is 1. The topological polar surface area (TPSA) is 32.8 Å². The molecule has 2 heterocycles. The van der Waals surface area contributed by atoms with Crippen molar-refractivity contribution < 1.29 is 13.9 Å². The maximum Gasteiger partial charge on any atom is 0.258 e. The molecule has 0 saturated carbocycles. The second kappa shape index (κ2) is 7.29. The second-order valence-electron chi connectivity index (χ2n) is 6.57. The molecule has 2 aromatic rings. The molecular formula is C20H21FN2O2S. The summed E-state index contributed by atoms with van der Waals surface area (Å²) in [7, 11) is 0. The molecule has 1 unspecified atom stereocenters. The lowest BCUT2D eigenvalue weighted by Crippen LogP contribution is -2.42. The molecule has 1 fully saturated rings. The highest BCUT2D eigenvalue weighted by Crippen LogP contribution is 2.38. The van der Waals surface area contributed by atoms with Crippen molar-refractivity contribution in [3.8, 4) is 0 Å². The van der Waals surface area contributed by atoms with Gasteiger partial charge in [0.05, 0.1) is 24.6 Å². The second-order valence-corrected chi connectivity index (χ2v) is 7.63. The Bertz CT molecular complexity index is 823. The molecule has 0 spiro atoms. The minimum Gasteiger partial charge on any atom is -0.378 e. The Morgan fingerprint density at radius 1 is 1.15 bits per heavy atom. The normalized spacial score (nSPS) is 20.0. The first-order chi connectivity index (χ1) is 12.6. The number of hydrogen-bond donors (Lipinski definition) is 0. The molecule has 6 heteroatoms. The van der Waals surface area contributed by atoms with E-state index in [-0.39, 0.29) is 17.8 Å². The number of ether oxygens (including phenoxy) is 1. The maximum absolute atomic E-state index is 14.7. The van der Waals surface area contributed by atoms with Crippen LogP contribution in [-0.4, -0.2) is 44.0 Å². The van der Waals surface area contributed by atoms with Crippen molar-refractivity contribution in [3.63, 3.8) is 0 Å². The van der Waals surface area contributed by atoms with Crippen LogP contribution in [0.25, 0.3) is 0 Å². The number of rotatable bonds is 2. The Kier molecular flexibility index (Phi) is 4.87. The lowest BCUT2D eigenvalue weighted by Gasteiger charge is -2.35. The van der Waals surface area contributed by atoms with E-state index in [1.165, 1.54) is 6.07 Å². The molecule has 26 heavy (non-hydrogen) atoms. The molecule has 0 aromatic heterocycles. The van der Waals surface area contributed by atoms with E-state index in [0.717, 1.165) is 16.3 Å². The molecule has 0 bridgehead atoms. The van der Waals surface area contributed by atoms with Gasteiger partial charge in [0.15, 0.2) is 0 Å². The summed E-state index contributed by atoms with van der Waals surface area (Å²) in [5.74, 6) is 0.319. The van der Waals surface area contributed by atoms with Gasteiger partial charge in [0.2, 0.25) is 0 Å². The molecule has 1 amide bonds. The quantitative estimate of drug-likeness (QED) is 0.803. The molecule has 2 aromatic carbocycles. The molecule has 2 aliphatic heterocycles. The first-order valence-electron chi connectivity index (χ1n) is 8.83. The van der Waals surface area contributed by atoms with Gasteiger partial charge in [0.25, 0.3) is 5.91 Å².